The van der Waals surface area contributed by atoms with E-state index in [2.05, 4.69) is 4.74 Å². The molecule has 0 saturated carbocycles. The van der Waals surface area contributed by atoms with Gasteiger partial charge in [0.25, 0.3) is 0 Å². The summed E-state index contributed by atoms with van der Waals surface area (Å²) in [6.07, 6.45) is -4.30. The summed E-state index contributed by atoms with van der Waals surface area (Å²) >= 11 is 0. The maximum atomic E-state index is 11.2. The molecule has 1 unspecified atom stereocenters. The molecule has 0 aromatic carbocycles. The molecular weight excluding hydrogens is 183 g/mol. The summed E-state index contributed by atoms with van der Waals surface area (Å²) in [6, 6.07) is -0.248. The lowest BCUT2D eigenvalue weighted by atomic mass is 10.3. The molecule has 70 valence electrons. The molecule has 0 aliphatic rings. The summed E-state index contributed by atoms with van der Waals surface area (Å²) in [7, 11) is 0. The highest BCUT2D eigenvalue weighted by atomic mass is 35.5. The van der Waals surface area contributed by atoms with Crippen molar-refractivity contribution in [3.63, 3.8) is 0 Å². The zero-order valence-electron chi connectivity index (χ0n) is 6.02. The highest BCUT2D eigenvalue weighted by Crippen LogP contribution is 2.16. The SMILES string of the molecule is CC(N)CCOC(F)(F)F.Cl. The fraction of sp³-hybridized carbons (Fsp3) is 1.00. The van der Waals surface area contributed by atoms with Gasteiger partial charge >= 0.3 is 6.36 Å². The lowest BCUT2D eigenvalue weighted by Gasteiger charge is -2.08. The Balaban J connectivity index is 0. The molecule has 0 aromatic heterocycles. The van der Waals surface area contributed by atoms with E-state index < -0.39 is 6.36 Å². The standard InChI is InChI=1S/C5H10F3NO.ClH/c1-4(9)2-3-10-5(6,7)8;/h4H,2-3,9H2,1H3;1H. The van der Waals surface area contributed by atoms with Crippen LogP contribution in [0.2, 0.25) is 0 Å². The van der Waals surface area contributed by atoms with Crippen LogP contribution in [0.5, 0.6) is 0 Å². The highest BCUT2D eigenvalue weighted by Gasteiger charge is 2.28. The van der Waals surface area contributed by atoms with E-state index in [1.807, 2.05) is 0 Å². The third-order valence-corrected chi connectivity index (χ3v) is 0.839. The Kier molecular flexibility index (Phi) is 6.94. The Morgan fingerprint density at radius 1 is 1.45 bits per heavy atom. The predicted octanol–water partition coefficient (Wildman–Crippen LogP) is 1.68. The second-order valence-electron chi connectivity index (χ2n) is 2.06. The van der Waals surface area contributed by atoms with Crippen molar-refractivity contribution in [2.45, 2.75) is 25.7 Å². The van der Waals surface area contributed by atoms with Gasteiger partial charge in [-0.25, -0.2) is 0 Å². The molecule has 11 heavy (non-hydrogen) atoms. The van der Waals surface area contributed by atoms with Crippen molar-refractivity contribution in [3.05, 3.63) is 0 Å². The second kappa shape index (κ2) is 5.62. The maximum Gasteiger partial charge on any atom is 0.522 e. The molecule has 0 amide bonds. The number of hydrogen-bond acceptors (Lipinski definition) is 2. The van der Waals surface area contributed by atoms with E-state index in [9.17, 15) is 13.2 Å². The zero-order valence-corrected chi connectivity index (χ0v) is 6.84. The lowest BCUT2D eigenvalue weighted by molar-refractivity contribution is -0.324. The molecule has 6 heteroatoms. The van der Waals surface area contributed by atoms with Crippen LogP contribution in [0.4, 0.5) is 13.2 Å². The van der Waals surface area contributed by atoms with Gasteiger partial charge in [0.2, 0.25) is 0 Å². The average molecular weight is 194 g/mol. The van der Waals surface area contributed by atoms with Crippen LogP contribution in [0.25, 0.3) is 0 Å². The first-order valence-corrected chi connectivity index (χ1v) is 2.88. The molecule has 0 spiro atoms. The van der Waals surface area contributed by atoms with Crippen LogP contribution in [0, 0.1) is 0 Å². The van der Waals surface area contributed by atoms with E-state index in [4.69, 9.17) is 5.73 Å². The molecule has 0 bridgehead atoms. The molecule has 0 aliphatic heterocycles. The van der Waals surface area contributed by atoms with E-state index in [-0.39, 0.29) is 31.5 Å². The molecular formula is C5H11ClF3NO. The normalized spacial score (nSPS) is 13.9. The van der Waals surface area contributed by atoms with E-state index in [1.165, 1.54) is 0 Å². The molecule has 0 aliphatic carbocycles. The summed E-state index contributed by atoms with van der Waals surface area (Å²) in [5, 5.41) is 0. The molecule has 0 fully saturated rings. The van der Waals surface area contributed by atoms with Gasteiger partial charge in [-0.2, -0.15) is 0 Å². The monoisotopic (exact) mass is 193 g/mol. The minimum Gasteiger partial charge on any atom is -0.328 e. The Morgan fingerprint density at radius 3 is 2.18 bits per heavy atom. The summed E-state index contributed by atoms with van der Waals surface area (Å²) in [5.41, 5.74) is 5.17. The van der Waals surface area contributed by atoms with Gasteiger partial charge in [-0.1, -0.05) is 0 Å². The zero-order chi connectivity index (χ0) is 8.20. The lowest BCUT2D eigenvalue weighted by Crippen LogP contribution is -2.21. The summed E-state index contributed by atoms with van der Waals surface area (Å²) in [4.78, 5) is 0. The van der Waals surface area contributed by atoms with Gasteiger partial charge in [0.15, 0.2) is 0 Å². The van der Waals surface area contributed by atoms with Crippen molar-refractivity contribution in [3.8, 4) is 0 Å². The summed E-state index contributed by atoms with van der Waals surface area (Å²) in [6.45, 7) is 1.26. The number of rotatable bonds is 3. The van der Waals surface area contributed by atoms with Gasteiger partial charge < -0.3 is 5.73 Å². The van der Waals surface area contributed by atoms with E-state index in [0.29, 0.717) is 0 Å². The Morgan fingerprint density at radius 2 is 1.91 bits per heavy atom. The van der Waals surface area contributed by atoms with Gasteiger partial charge in [-0.05, 0) is 13.3 Å². The second-order valence-corrected chi connectivity index (χ2v) is 2.06. The van der Waals surface area contributed by atoms with Gasteiger partial charge in [0.05, 0.1) is 6.61 Å². The third-order valence-electron chi connectivity index (χ3n) is 0.839. The molecule has 0 saturated heterocycles. The van der Waals surface area contributed by atoms with Gasteiger partial charge in [-0.3, -0.25) is 4.74 Å². The van der Waals surface area contributed by atoms with Gasteiger partial charge in [0.1, 0.15) is 0 Å². The molecule has 0 rings (SSSR count). The van der Waals surface area contributed by atoms with E-state index in [0.717, 1.165) is 0 Å². The molecule has 2 N–H and O–H groups in total. The first-order chi connectivity index (χ1) is 4.42. The van der Waals surface area contributed by atoms with Crippen LogP contribution in [-0.2, 0) is 4.74 Å². The van der Waals surface area contributed by atoms with Crippen molar-refractivity contribution in [1.82, 2.24) is 0 Å². The minimum atomic E-state index is -4.52. The molecule has 0 heterocycles. The van der Waals surface area contributed by atoms with Crippen molar-refractivity contribution in [2.24, 2.45) is 5.73 Å². The van der Waals surface area contributed by atoms with Crippen LogP contribution in [0.3, 0.4) is 0 Å². The Bertz CT molecular complexity index is 96.2. The van der Waals surface area contributed by atoms with Crippen LogP contribution < -0.4 is 5.73 Å². The first-order valence-electron chi connectivity index (χ1n) is 2.88. The average Bonchev–Trinajstić information content (AvgIpc) is 1.59. The number of nitrogens with two attached hydrogens (primary N) is 1. The number of alkyl halides is 3. The van der Waals surface area contributed by atoms with Crippen LogP contribution in [-0.4, -0.2) is 19.0 Å². The van der Waals surface area contributed by atoms with Crippen LogP contribution in [0.15, 0.2) is 0 Å². The predicted molar refractivity (Wildman–Crippen MR) is 37.5 cm³/mol. The van der Waals surface area contributed by atoms with E-state index >= 15 is 0 Å². The van der Waals surface area contributed by atoms with Crippen LogP contribution in [0.1, 0.15) is 13.3 Å². The number of ether oxygens (including phenoxy) is 1. The largest absolute Gasteiger partial charge is 0.522 e. The quantitative estimate of drug-likeness (QED) is 0.740. The smallest absolute Gasteiger partial charge is 0.328 e. The van der Waals surface area contributed by atoms with Crippen molar-refractivity contribution < 1.29 is 17.9 Å². The molecule has 2 nitrogen and oxygen atoms in total. The fourth-order valence-electron chi connectivity index (χ4n) is 0.361. The van der Waals surface area contributed by atoms with Gasteiger partial charge in [-0.15, -0.1) is 25.6 Å². The van der Waals surface area contributed by atoms with Crippen molar-refractivity contribution >= 4 is 12.4 Å². The molecule has 0 radical (unpaired) electrons. The minimum absolute atomic E-state index is 0. The third kappa shape index (κ3) is 13.1. The highest BCUT2D eigenvalue weighted by molar-refractivity contribution is 5.85. The maximum absolute atomic E-state index is 11.2. The summed E-state index contributed by atoms with van der Waals surface area (Å²) < 4.78 is 37.2. The van der Waals surface area contributed by atoms with Crippen LogP contribution >= 0.6 is 12.4 Å². The van der Waals surface area contributed by atoms with Gasteiger partial charge in [0, 0.05) is 6.04 Å². The fourth-order valence-corrected chi connectivity index (χ4v) is 0.361. The Labute approximate surface area is 69.3 Å². The van der Waals surface area contributed by atoms with Crippen molar-refractivity contribution in [2.75, 3.05) is 6.61 Å². The van der Waals surface area contributed by atoms with E-state index in [1.54, 1.807) is 6.92 Å². The van der Waals surface area contributed by atoms with Crippen molar-refractivity contribution in [1.29, 1.82) is 0 Å². The number of hydrogen-bond donors (Lipinski definition) is 1. The number of halogens is 4. The molecule has 0 aromatic rings. The summed E-state index contributed by atoms with van der Waals surface area (Å²) in [5.74, 6) is 0. The topological polar surface area (TPSA) is 35.2 Å². The Hall–Kier alpha value is -0.0000000000000000555. The molecule has 1 atom stereocenters. The first kappa shape index (κ1) is 13.6.